The molecule has 0 spiro atoms. The average Bonchev–Trinajstić information content (AvgIpc) is 0.869. The monoisotopic (exact) mass is 1520 g/mol. The zero-order chi connectivity index (χ0) is 81.7. The highest BCUT2D eigenvalue weighted by atomic mass is 16.5. The topological polar surface area (TPSA) is 408 Å². The molecule has 10 amide bonds. The summed E-state index contributed by atoms with van der Waals surface area (Å²) in [6.07, 6.45) is 18.2. The quantitative estimate of drug-likeness (QED) is 0.0309. The molecular formula is C77H122N10O21. The Morgan fingerprint density at radius 2 is 0.509 bits per heavy atom. The van der Waals surface area contributed by atoms with Crippen molar-refractivity contribution in [3.8, 4) is 0 Å². The van der Waals surface area contributed by atoms with Crippen molar-refractivity contribution in [1.82, 2.24) is 53.2 Å². The number of hydrogen-bond acceptors (Lipinski definition) is 21. The third-order valence-electron chi connectivity index (χ3n) is 14.3. The van der Waals surface area contributed by atoms with Gasteiger partial charge in [-0.05, 0) is 123 Å². The minimum Gasteiger partial charge on any atom is -0.379 e. The lowest BCUT2D eigenvalue weighted by Crippen LogP contribution is -2.58. The van der Waals surface area contributed by atoms with E-state index in [1.807, 2.05) is 20.8 Å². The Morgan fingerprint density at radius 1 is 0.269 bits per heavy atom. The minimum atomic E-state index is -1.10. The Labute approximate surface area is 638 Å². The second kappa shape index (κ2) is 67.0. The van der Waals surface area contributed by atoms with Crippen LogP contribution in [0, 0.1) is 17.8 Å². The highest BCUT2D eigenvalue weighted by Crippen LogP contribution is 2.16. The van der Waals surface area contributed by atoms with Gasteiger partial charge in [-0.2, -0.15) is 0 Å². The molecule has 31 heteroatoms. The first-order chi connectivity index (χ1) is 51.6. The molecule has 0 heterocycles. The lowest BCUT2D eigenvalue weighted by atomic mass is 10.0. The number of amides is 10. The Hall–Kier alpha value is -9.44. The fraction of sp³-hybridized carbons (Fsp3) is 0.532. The average molecular weight is 1520 g/mol. The summed E-state index contributed by atoms with van der Waals surface area (Å²) in [5, 5.41) is 27.1. The summed E-state index contributed by atoms with van der Waals surface area (Å²) in [5.74, 6) is -3.27. The lowest BCUT2D eigenvalue weighted by molar-refractivity contribution is -0.124. The SMILES string of the molecule is C=CC(=O)CCC(C)COCC(COCC(C)CNC(=O)C=C)(COCC(C)CNC(=O)C=C)NC(=O)C=C.C=CC(=O)CCCCOCC(COCCCNC(=O)C=C)(COCCCNC(=O)C=C)NC(=O)C=C.C=CC(=O)NCCOCC(COCCNC(=O)C=C)(COCCNC(=O)C=C)NC(=O)C=C. The van der Waals surface area contributed by atoms with Crippen LogP contribution in [0.3, 0.4) is 0 Å². The van der Waals surface area contributed by atoms with E-state index in [1.165, 1.54) is 42.5 Å². The number of carbonyl (C=O) groups excluding carboxylic acids is 12. The molecule has 0 saturated carbocycles. The number of allylic oxidation sites excluding steroid dienone is 2. The number of hydrogen-bond donors (Lipinski definition) is 10. The molecule has 31 nitrogen and oxygen atoms in total. The van der Waals surface area contributed by atoms with E-state index in [4.69, 9.17) is 42.6 Å². The fourth-order valence-corrected chi connectivity index (χ4v) is 8.47. The number of ether oxygens (including phenoxy) is 9. The van der Waals surface area contributed by atoms with Gasteiger partial charge in [0.25, 0.3) is 0 Å². The van der Waals surface area contributed by atoms with Gasteiger partial charge in [0.15, 0.2) is 11.6 Å². The molecule has 0 bridgehead atoms. The largest absolute Gasteiger partial charge is 0.379 e. The van der Waals surface area contributed by atoms with E-state index in [2.05, 4.69) is 132 Å². The highest BCUT2D eigenvalue weighted by molar-refractivity contribution is 5.91. The maximum Gasteiger partial charge on any atom is 0.244 e. The van der Waals surface area contributed by atoms with Crippen LogP contribution in [-0.2, 0) is 100 Å². The van der Waals surface area contributed by atoms with Crippen LogP contribution in [-0.4, -0.2) is 252 Å². The number of nitrogens with one attached hydrogen (secondary N) is 10. The van der Waals surface area contributed by atoms with Crippen LogP contribution in [0.25, 0.3) is 0 Å². The van der Waals surface area contributed by atoms with Crippen molar-refractivity contribution < 1.29 is 100 Å². The maximum atomic E-state index is 12.4. The van der Waals surface area contributed by atoms with Crippen molar-refractivity contribution in [3.63, 3.8) is 0 Å². The predicted octanol–water partition coefficient (Wildman–Crippen LogP) is 2.50. The summed E-state index contributed by atoms with van der Waals surface area (Å²) in [7, 11) is 0. The second-order valence-electron chi connectivity index (χ2n) is 24.5. The summed E-state index contributed by atoms with van der Waals surface area (Å²) in [6, 6.07) is 0. The fourth-order valence-electron chi connectivity index (χ4n) is 8.47. The summed E-state index contributed by atoms with van der Waals surface area (Å²) in [5.41, 5.74) is -3.12. The molecule has 10 N–H and O–H groups in total. The Balaban J connectivity index is -0.00000154. The zero-order valence-corrected chi connectivity index (χ0v) is 63.8. The summed E-state index contributed by atoms with van der Waals surface area (Å²) in [6.45, 7) is 52.5. The number of carbonyl (C=O) groups is 12. The van der Waals surface area contributed by atoms with Crippen LogP contribution in [0.1, 0.15) is 65.7 Å². The van der Waals surface area contributed by atoms with Crippen LogP contribution in [0.2, 0.25) is 0 Å². The van der Waals surface area contributed by atoms with Gasteiger partial charge in [-0.15, -0.1) is 0 Å². The highest BCUT2D eigenvalue weighted by Gasteiger charge is 2.36. The Kier molecular flexibility index (Phi) is 63.7. The molecule has 3 atom stereocenters. The predicted molar refractivity (Wildman–Crippen MR) is 413 cm³/mol. The van der Waals surface area contributed by atoms with E-state index in [0.717, 1.165) is 30.4 Å². The van der Waals surface area contributed by atoms with E-state index in [0.29, 0.717) is 111 Å². The molecule has 0 aliphatic heterocycles. The molecule has 0 radical (unpaired) electrons. The molecule has 0 aliphatic carbocycles. The first kappa shape index (κ1) is 103. The van der Waals surface area contributed by atoms with Crippen molar-refractivity contribution >= 4 is 70.6 Å². The van der Waals surface area contributed by atoms with E-state index < -0.39 is 34.3 Å². The molecule has 0 rings (SSSR count). The molecule has 0 fully saturated rings. The molecule has 3 unspecified atom stereocenters. The van der Waals surface area contributed by atoms with Crippen LogP contribution >= 0.6 is 0 Å². The lowest BCUT2D eigenvalue weighted by Gasteiger charge is -2.35. The van der Waals surface area contributed by atoms with Gasteiger partial charge in [-0.3, -0.25) is 57.5 Å². The van der Waals surface area contributed by atoms with E-state index in [-0.39, 0.29) is 170 Å². The first-order valence-corrected chi connectivity index (χ1v) is 35.3. The summed E-state index contributed by atoms with van der Waals surface area (Å²) < 4.78 is 52.3. The van der Waals surface area contributed by atoms with Gasteiger partial charge in [0.2, 0.25) is 59.1 Å². The van der Waals surface area contributed by atoms with Gasteiger partial charge in [0, 0.05) is 85.1 Å². The zero-order valence-electron chi connectivity index (χ0n) is 63.8. The smallest absolute Gasteiger partial charge is 0.244 e. The molecule has 0 aliphatic rings. The Morgan fingerprint density at radius 3 is 0.796 bits per heavy atom. The van der Waals surface area contributed by atoms with Crippen LogP contribution < -0.4 is 53.2 Å². The minimum absolute atomic E-state index is 0.000504. The molecule has 108 heavy (non-hydrogen) atoms. The van der Waals surface area contributed by atoms with E-state index >= 15 is 0 Å². The van der Waals surface area contributed by atoms with Crippen molar-refractivity contribution in [2.75, 3.05) is 165 Å². The normalized spacial score (nSPS) is 12.0. The third-order valence-corrected chi connectivity index (χ3v) is 14.3. The molecule has 606 valence electrons. The molecule has 0 saturated heterocycles. The molecule has 0 aromatic heterocycles. The summed E-state index contributed by atoms with van der Waals surface area (Å²) >= 11 is 0. The van der Waals surface area contributed by atoms with Crippen molar-refractivity contribution in [2.24, 2.45) is 17.8 Å². The number of rotatable bonds is 68. The Bertz CT molecular complexity index is 2610. The van der Waals surface area contributed by atoms with Crippen molar-refractivity contribution in [3.05, 3.63) is 152 Å². The van der Waals surface area contributed by atoms with Gasteiger partial charge in [-0.1, -0.05) is 99.7 Å². The summed E-state index contributed by atoms with van der Waals surface area (Å²) in [4.78, 5) is 139. The molecule has 0 aromatic carbocycles. The van der Waals surface area contributed by atoms with Crippen molar-refractivity contribution in [1.29, 1.82) is 0 Å². The van der Waals surface area contributed by atoms with Gasteiger partial charge in [-0.25, -0.2) is 0 Å². The number of ketones is 2. The molecule has 0 aromatic rings. The van der Waals surface area contributed by atoms with E-state index in [1.54, 1.807) is 0 Å². The van der Waals surface area contributed by atoms with E-state index in [9.17, 15) is 57.5 Å². The first-order valence-electron chi connectivity index (χ1n) is 35.3. The van der Waals surface area contributed by atoms with Gasteiger partial charge in [0.05, 0.1) is 92.5 Å². The maximum absolute atomic E-state index is 12.4. The van der Waals surface area contributed by atoms with Gasteiger partial charge in [0.1, 0.15) is 16.6 Å². The third kappa shape index (κ3) is 58.7. The second-order valence-corrected chi connectivity index (χ2v) is 24.5. The molecular weight excluding hydrogens is 1400 g/mol. The van der Waals surface area contributed by atoms with Gasteiger partial charge >= 0.3 is 0 Å². The van der Waals surface area contributed by atoms with Gasteiger partial charge < -0.3 is 95.8 Å². The van der Waals surface area contributed by atoms with Crippen LogP contribution in [0.15, 0.2) is 152 Å². The van der Waals surface area contributed by atoms with Crippen molar-refractivity contribution in [2.45, 2.75) is 82.3 Å². The van der Waals surface area contributed by atoms with Crippen LogP contribution in [0.5, 0.6) is 0 Å². The standard InChI is InChI=1S/C29H47N3O7.C26H41N3O7.C22H34N4O7/c1-8-25(33)13-12-22(5)16-37-19-29(32-28(36)11-4,20-38-17-23(6)14-30-26(34)9-2)21-39-18-24(7)15-31-27(35)10-3;1-5-22(30)13-9-10-16-34-19-26(29-25(33)8-4,20-35-17-11-14-27-23(31)6-2)21-36-18-12-15-28-24(32)7-3;1-5-18(27)23-9-12-31-15-22(26-21(30)8-4,16-32-13-10-24-19(28)6-2)17-33-14-11-25-20(29)7-3/h8-11,22-24H,1-4,12-21H2,5-7H3,(H,30,34)(H,31,35)(H,32,36);5-8H,1-4,9-21H2,(H,27,31)(H,28,32)(H,29,33);5-8H,1-4,9-17H2,(H,23,27)(H,24,28)(H,25,29)(H,26,30). The number of unbranched alkanes of at least 4 members (excludes halogenated alkanes) is 1. The van der Waals surface area contributed by atoms with Crippen LogP contribution in [0.4, 0.5) is 0 Å².